The summed E-state index contributed by atoms with van der Waals surface area (Å²) in [5, 5.41) is 0. The fourth-order valence-electron chi connectivity index (χ4n) is 2.59. The predicted octanol–water partition coefficient (Wildman–Crippen LogP) is 4.48. The Labute approximate surface area is 106 Å². The van der Waals surface area contributed by atoms with Gasteiger partial charge in [-0.05, 0) is 23.7 Å². The standard InChI is InChI=1S/C15H22OSi/c1-2-17(13-6-7-14-17)16-12-8-11-15-9-4-3-5-10-15/h3-5,8-11H,2,6-7,12-14H2,1H3/b11-8+. The highest BCUT2D eigenvalue weighted by Gasteiger charge is 2.35. The number of benzene rings is 1. The minimum absolute atomic E-state index is 0.801. The van der Waals surface area contributed by atoms with Gasteiger partial charge in [0.15, 0.2) is 8.32 Å². The van der Waals surface area contributed by atoms with E-state index < -0.39 is 8.32 Å². The molecule has 2 rings (SSSR count). The summed E-state index contributed by atoms with van der Waals surface area (Å²) in [6.45, 7) is 3.10. The van der Waals surface area contributed by atoms with Gasteiger partial charge in [-0.25, -0.2) is 0 Å². The van der Waals surface area contributed by atoms with E-state index in [9.17, 15) is 0 Å². The van der Waals surface area contributed by atoms with Crippen molar-refractivity contribution in [3.05, 3.63) is 42.0 Å². The summed E-state index contributed by atoms with van der Waals surface area (Å²) in [6.07, 6.45) is 7.11. The van der Waals surface area contributed by atoms with Gasteiger partial charge >= 0.3 is 0 Å². The molecule has 1 aliphatic heterocycles. The highest BCUT2D eigenvalue weighted by molar-refractivity contribution is 6.74. The van der Waals surface area contributed by atoms with Crippen LogP contribution in [0.25, 0.3) is 6.08 Å². The number of rotatable bonds is 5. The zero-order valence-electron chi connectivity index (χ0n) is 10.7. The fourth-order valence-corrected chi connectivity index (χ4v) is 6.28. The molecule has 0 unspecified atom stereocenters. The third kappa shape index (κ3) is 3.55. The second-order valence-corrected chi connectivity index (χ2v) is 9.23. The molecule has 1 aromatic carbocycles. The van der Waals surface area contributed by atoms with Crippen molar-refractivity contribution in [2.45, 2.75) is 37.9 Å². The van der Waals surface area contributed by atoms with Crippen molar-refractivity contribution in [1.82, 2.24) is 0 Å². The lowest BCUT2D eigenvalue weighted by Crippen LogP contribution is -2.33. The van der Waals surface area contributed by atoms with Crippen molar-refractivity contribution in [3.63, 3.8) is 0 Å². The quantitative estimate of drug-likeness (QED) is 0.696. The van der Waals surface area contributed by atoms with Crippen molar-refractivity contribution < 1.29 is 4.43 Å². The van der Waals surface area contributed by atoms with E-state index in [4.69, 9.17) is 4.43 Å². The average Bonchev–Trinajstić information content (AvgIpc) is 2.85. The van der Waals surface area contributed by atoms with Crippen molar-refractivity contribution in [1.29, 1.82) is 0 Å². The van der Waals surface area contributed by atoms with E-state index in [2.05, 4.69) is 43.3 Å². The van der Waals surface area contributed by atoms with Gasteiger partial charge in [-0.15, -0.1) is 0 Å². The smallest absolute Gasteiger partial charge is 0.193 e. The lowest BCUT2D eigenvalue weighted by molar-refractivity contribution is 0.347. The van der Waals surface area contributed by atoms with E-state index in [1.165, 1.54) is 36.5 Å². The first-order chi connectivity index (χ1) is 8.35. The van der Waals surface area contributed by atoms with Crippen LogP contribution in [0.4, 0.5) is 0 Å². The minimum atomic E-state index is -1.30. The highest BCUT2D eigenvalue weighted by atomic mass is 28.4. The summed E-state index contributed by atoms with van der Waals surface area (Å²) in [5.41, 5.74) is 1.26. The van der Waals surface area contributed by atoms with E-state index in [0.29, 0.717) is 0 Å². The van der Waals surface area contributed by atoms with Gasteiger partial charge in [-0.3, -0.25) is 0 Å². The van der Waals surface area contributed by atoms with Crippen LogP contribution >= 0.6 is 0 Å². The molecule has 0 N–H and O–H groups in total. The molecule has 92 valence electrons. The number of hydrogen-bond acceptors (Lipinski definition) is 1. The highest BCUT2D eigenvalue weighted by Crippen LogP contribution is 2.33. The summed E-state index contributed by atoms with van der Waals surface area (Å²) in [4.78, 5) is 0. The van der Waals surface area contributed by atoms with Gasteiger partial charge in [0.25, 0.3) is 0 Å². The van der Waals surface area contributed by atoms with Crippen LogP contribution in [0.3, 0.4) is 0 Å². The van der Waals surface area contributed by atoms with E-state index in [1.807, 2.05) is 6.07 Å². The lowest BCUT2D eigenvalue weighted by atomic mass is 10.2. The largest absolute Gasteiger partial charge is 0.413 e. The molecule has 1 nitrogen and oxygen atoms in total. The molecule has 1 fully saturated rings. The lowest BCUT2D eigenvalue weighted by Gasteiger charge is -2.24. The third-order valence-electron chi connectivity index (χ3n) is 3.75. The maximum Gasteiger partial charge on any atom is 0.193 e. The molecule has 0 aromatic heterocycles. The Morgan fingerprint density at radius 2 is 1.88 bits per heavy atom. The molecule has 0 bridgehead atoms. The molecule has 1 aliphatic rings. The topological polar surface area (TPSA) is 9.23 Å². The molecule has 1 aromatic rings. The van der Waals surface area contributed by atoms with Gasteiger partial charge in [-0.1, -0.05) is 62.2 Å². The Morgan fingerprint density at radius 3 is 2.53 bits per heavy atom. The second-order valence-electron chi connectivity index (χ2n) is 4.87. The van der Waals surface area contributed by atoms with Crippen LogP contribution in [-0.2, 0) is 4.43 Å². The van der Waals surface area contributed by atoms with E-state index in [1.54, 1.807) is 0 Å². The number of hydrogen-bond donors (Lipinski definition) is 0. The molecule has 0 saturated carbocycles. The summed E-state index contributed by atoms with van der Waals surface area (Å²) < 4.78 is 6.21. The monoisotopic (exact) mass is 246 g/mol. The minimum Gasteiger partial charge on any atom is -0.413 e. The first kappa shape index (κ1) is 12.6. The summed E-state index contributed by atoms with van der Waals surface area (Å²) >= 11 is 0. The van der Waals surface area contributed by atoms with Crippen LogP contribution in [0.2, 0.25) is 18.1 Å². The summed E-state index contributed by atoms with van der Waals surface area (Å²) in [5.74, 6) is 0. The van der Waals surface area contributed by atoms with Gasteiger partial charge in [0.1, 0.15) is 0 Å². The van der Waals surface area contributed by atoms with Gasteiger partial charge < -0.3 is 4.43 Å². The van der Waals surface area contributed by atoms with Crippen LogP contribution in [0.1, 0.15) is 25.3 Å². The SMILES string of the molecule is CC[Si]1(OC/C=C/c2ccccc2)CCCC1. The Kier molecular flexibility index (Phi) is 4.57. The van der Waals surface area contributed by atoms with E-state index in [-0.39, 0.29) is 0 Å². The van der Waals surface area contributed by atoms with Crippen LogP contribution < -0.4 is 0 Å². The maximum absolute atomic E-state index is 6.21. The molecular formula is C15H22OSi. The molecule has 0 amide bonds. The van der Waals surface area contributed by atoms with Crippen LogP contribution in [0.15, 0.2) is 36.4 Å². The van der Waals surface area contributed by atoms with Crippen molar-refractivity contribution in [2.24, 2.45) is 0 Å². The van der Waals surface area contributed by atoms with Crippen molar-refractivity contribution >= 4 is 14.4 Å². The van der Waals surface area contributed by atoms with E-state index >= 15 is 0 Å². The van der Waals surface area contributed by atoms with Crippen molar-refractivity contribution in [2.75, 3.05) is 6.61 Å². The fraction of sp³-hybridized carbons (Fsp3) is 0.467. The Morgan fingerprint density at radius 1 is 1.18 bits per heavy atom. The predicted molar refractivity (Wildman–Crippen MR) is 76.5 cm³/mol. The van der Waals surface area contributed by atoms with E-state index in [0.717, 1.165) is 6.61 Å². The van der Waals surface area contributed by atoms with Gasteiger partial charge in [0, 0.05) is 0 Å². The molecule has 17 heavy (non-hydrogen) atoms. The molecule has 0 radical (unpaired) electrons. The second kappa shape index (κ2) is 6.17. The van der Waals surface area contributed by atoms with Gasteiger partial charge in [0.05, 0.1) is 6.61 Å². The summed E-state index contributed by atoms with van der Waals surface area (Å²) in [6, 6.07) is 14.5. The molecule has 0 aliphatic carbocycles. The molecule has 2 heteroatoms. The van der Waals surface area contributed by atoms with Gasteiger partial charge in [0.2, 0.25) is 0 Å². The molecular weight excluding hydrogens is 224 g/mol. The normalized spacial score (nSPS) is 18.9. The third-order valence-corrected chi connectivity index (χ3v) is 8.35. The first-order valence-electron chi connectivity index (χ1n) is 6.70. The average molecular weight is 246 g/mol. The molecule has 1 heterocycles. The van der Waals surface area contributed by atoms with Crippen LogP contribution in [0.5, 0.6) is 0 Å². The van der Waals surface area contributed by atoms with Crippen molar-refractivity contribution in [3.8, 4) is 0 Å². The Balaban J connectivity index is 1.81. The van der Waals surface area contributed by atoms with Gasteiger partial charge in [-0.2, -0.15) is 0 Å². The van der Waals surface area contributed by atoms with Crippen LogP contribution in [-0.4, -0.2) is 14.9 Å². The Hall–Kier alpha value is -0.863. The first-order valence-corrected chi connectivity index (χ1v) is 9.23. The Bertz CT molecular complexity index is 352. The summed E-state index contributed by atoms with van der Waals surface area (Å²) in [7, 11) is -1.30. The van der Waals surface area contributed by atoms with Crippen LogP contribution in [0, 0.1) is 0 Å². The zero-order chi connectivity index (χ0) is 12.0. The molecule has 0 atom stereocenters. The maximum atomic E-state index is 6.21. The molecule has 1 saturated heterocycles. The molecule has 0 spiro atoms. The zero-order valence-corrected chi connectivity index (χ0v) is 11.7.